The number of rotatable bonds is 12. The lowest BCUT2D eigenvalue weighted by Gasteiger charge is -2.20. The third-order valence-corrected chi connectivity index (χ3v) is 8.41. The zero-order chi connectivity index (χ0) is 26.9. The van der Waals surface area contributed by atoms with Crippen molar-refractivity contribution in [2.75, 3.05) is 6.61 Å². The molecule has 1 heterocycles. The third-order valence-electron chi connectivity index (χ3n) is 8.41. The van der Waals surface area contributed by atoms with Gasteiger partial charge in [0.2, 0.25) is 0 Å². The van der Waals surface area contributed by atoms with E-state index in [1.807, 2.05) is 25.1 Å². The van der Waals surface area contributed by atoms with Crippen LogP contribution in [0.2, 0.25) is 0 Å². The van der Waals surface area contributed by atoms with Crippen LogP contribution in [0.1, 0.15) is 100.0 Å². The number of ether oxygens (including phenoxy) is 2. The predicted molar refractivity (Wildman–Crippen MR) is 153 cm³/mol. The number of ketones is 1. The molecule has 2 aromatic carbocycles. The van der Waals surface area contributed by atoms with E-state index in [-0.39, 0.29) is 24.1 Å². The first-order chi connectivity index (χ1) is 18.5. The van der Waals surface area contributed by atoms with E-state index >= 15 is 0 Å². The van der Waals surface area contributed by atoms with Crippen molar-refractivity contribution in [3.63, 3.8) is 0 Å². The van der Waals surface area contributed by atoms with Gasteiger partial charge in [-0.15, -0.1) is 0 Å². The summed E-state index contributed by atoms with van der Waals surface area (Å²) in [7, 11) is 0. The molecule has 0 spiro atoms. The van der Waals surface area contributed by atoms with Crippen LogP contribution in [-0.2, 0) is 27.2 Å². The Kier molecular flexibility index (Phi) is 10.2. The summed E-state index contributed by atoms with van der Waals surface area (Å²) in [5, 5.41) is 0. The minimum atomic E-state index is -0.432. The zero-order valence-corrected chi connectivity index (χ0v) is 23.3. The second-order valence-electron chi connectivity index (χ2n) is 11.2. The molecular formula is C34H44O4. The van der Waals surface area contributed by atoms with Gasteiger partial charge in [-0.2, -0.15) is 0 Å². The lowest BCUT2D eigenvalue weighted by atomic mass is 9.84. The minimum Gasteiger partial charge on any atom is -0.493 e. The van der Waals surface area contributed by atoms with Crippen molar-refractivity contribution in [1.29, 1.82) is 0 Å². The molecule has 2 aromatic rings. The maximum absolute atomic E-state index is 13.4. The lowest BCUT2D eigenvalue weighted by molar-refractivity contribution is -0.141. The number of esters is 1. The van der Waals surface area contributed by atoms with E-state index in [4.69, 9.17) is 9.47 Å². The van der Waals surface area contributed by atoms with E-state index in [1.165, 1.54) is 36.8 Å². The number of carbonyl (C=O) groups excluding carboxylic acids is 2. The molecule has 2 fully saturated rings. The van der Waals surface area contributed by atoms with Crippen molar-refractivity contribution in [3.8, 4) is 5.75 Å². The number of hydrogen-bond donors (Lipinski definition) is 0. The molecule has 4 atom stereocenters. The molecule has 0 amide bonds. The Hall–Kier alpha value is -2.88. The first kappa shape index (κ1) is 28.1. The Morgan fingerprint density at radius 3 is 2.47 bits per heavy atom. The van der Waals surface area contributed by atoms with E-state index in [2.05, 4.69) is 43.8 Å². The molecule has 1 saturated carbocycles. The van der Waals surface area contributed by atoms with Crippen LogP contribution < -0.4 is 4.74 Å². The van der Waals surface area contributed by atoms with Gasteiger partial charge in [-0.25, -0.2) is 0 Å². The molecule has 4 nitrogen and oxygen atoms in total. The lowest BCUT2D eigenvalue weighted by Crippen LogP contribution is -2.21. The summed E-state index contributed by atoms with van der Waals surface area (Å²) in [6, 6.07) is 14.7. The van der Waals surface area contributed by atoms with Gasteiger partial charge in [-0.05, 0) is 67.2 Å². The zero-order valence-electron chi connectivity index (χ0n) is 23.3. The van der Waals surface area contributed by atoms with Crippen LogP contribution >= 0.6 is 0 Å². The standard InChI is InChI=1S/C34H44O4/c1-4-8-24-15-19-29(20-16-24)34-30(23-33(36)38-34)31(35)21-26-10-7-9-25(11-13-26)12-14-27-17-18-28(5-2)32(22-27)37-6-3/h5,15-20,22,25-26,30,34H,2,4,6-14,21,23H2,1,3H3/t25?,26?,30-,34-/m1/s1. The van der Waals surface area contributed by atoms with Crippen LogP contribution in [0.15, 0.2) is 49.0 Å². The summed E-state index contributed by atoms with van der Waals surface area (Å²) >= 11 is 0. The molecule has 0 aromatic heterocycles. The van der Waals surface area contributed by atoms with Gasteiger partial charge < -0.3 is 9.47 Å². The monoisotopic (exact) mass is 516 g/mol. The first-order valence-corrected chi connectivity index (χ1v) is 14.7. The average molecular weight is 517 g/mol. The fourth-order valence-corrected chi connectivity index (χ4v) is 6.24. The van der Waals surface area contributed by atoms with Gasteiger partial charge in [0.1, 0.15) is 17.6 Å². The predicted octanol–water partition coefficient (Wildman–Crippen LogP) is 8.07. The van der Waals surface area contributed by atoms with Crippen LogP contribution in [-0.4, -0.2) is 18.4 Å². The van der Waals surface area contributed by atoms with E-state index in [0.717, 1.165) is 49.0 Å². The van der Waals surface area contributed by atoms with Gasteiger partial charge in [0, 0.05) is 12.0 Å². The van der Waals surface area contributed by atoms with Gasteiger partial charge >= 0.3 is 5.97 Å². The number of Topliss-reactive ketones (excluding diaryl/α,β-unsaturated/α-hetero) is 1. The fourth-order valence-electron chi connectivity index (χ4n) is 6.24. The Morgan fingerprint density at radius 2 is 1.74 bits per heavy atom. The fraction of sp³-hybridized carbons (Fsp3) is 0.529. The van der Waals surface area contributed by atoms with Crippen molar-refractivity contribution < 1.29 is 19.1 Å². The Morgan fingerprint density at radius 1 is 1.00 bits per heavy atom. The molecule has 38 heavy (non-hydrogen) atoms. The molecule has 2 aliphatic rings. The average Bonchev–Trinajstić information content (AvgIpc) is 3.18. The molecule has 4 rings (SSSR count). The molecule has 0 radical (unpaired) electrons. The van der Waals surface area contributed by atoms with Gasteiger partial charge in [-0.3, -0.25) is 9.59 Å². The molecular weight excluding hydrogens is 472 g/mol. The topological polar surface area (TPSA) is 52.6 Å². The Balaban J connectivity index is 1.29. The molecule has 1 aliphatic heterocycles. The second-order valence-corrected chi connectivity index (χ2v) is 11.2. The van der Waals surface area contributed by atoms with Crippen LogP contribution in [0.4, 0.5) is 0 Å². The van der Waals surface area contributed by atoms with E-state index in [0.29, 0.717) is 24.9 Å². The molecule has 2 unspecified atom stereocenters. The summed E-state index contributed by atoms with van der Waals surface area (Å²) < 4.78 is 11.4. The SMILES string of the molecule is C=Cc1ccc(CCC2CCCC(CC(=O)[C@H]3CC(=O)O[C@@H]3c3ccc(CCC)cc3)CC2)cc1OCC. The normalized spacial score (nSPS) is 23.5. The Bertz CT molecular complexity index is 1090. The summed E-state index contributed by atoms with van der Waals surface area (Å²) in [5.74, 6) is 1.62. The summed E-state index contributed by atoms with van der Waals surface area (Å²) in [6.45, 7) is 8.72. The second kappa shape index (κ2) is 13.8. The van der Waals surface area contributed by atoms with E-state index in [9.17, 15) is 9.59 Å². The van der Waals surface area contributed by atoms with Gasteiger partial charge in [-0.1, -0.05) is 88.1 Å². The minimum absolute atomic E-state index is 0.202. The Labute approximate surface area is 228 Å². The molecule has 4 heteroatoms. The summed E-state index contributed by atoms with van der Waals surface area (Å²) in [4.78, 5) is 25.6. The highest BCUT2D eigenvalue weighted by molar-refractivity contribution is 5.88. The number of aryl methyl sites for hydroxylation is 2. The largest absolute Gasteiger partial charge is 0.493 e. The van der Waals surface area contributed by atoms with E-state index < -0.39 is 6.10 Å². The number of cyclic esters (lactones) is 1. The highest BCUT2D eigenvalue weighted by atomic mass is 16.6. The first-order valence-electron chi connectivity index (χ1n) is 14.7. The van der Waals surface area contributed by atoms with Crippen LogP contribution in [0.3, 0.4) is 0 Å². The number of hydrogen-bond acceptors (Lipinski definition) is 4. The van der Waals surface area contributed by atoms with Crippen molar-refractivity contribution in [1.82, 2.24) is 0 Å². The highest BCUT2D eigenvalue weighted by Crippen LogP contribution is 2.39. The molecule has 0 bridgehead atoms. The number of carbonyl (C=O) groups is 2. The summed E-state index contributed by atoms with van der Waals surface area (Å²) in [5.41, 5.74) is 4.58. The van der Waals surface area contributed by atoms with Crippen molar-refractivity contribution in [3.05, 3.63) is 71.3 Å². The quantitative estimate of drug-likeness (QED) is 0.211. The molecule has 1 saturated heterocycles. The highest BCUT2D eigenvalue weighted by Gasteiger charge is 2.41. The third kappa shape index (κ3) is 7.36. The smallest absolute Gasteiger partial charge is 0.307 e. The van der Waals surface area contributed by atoms with Crippen LogP contribution in [0.25, 0.3) is 6.08 Å². The van der Waals surface area contributed by atoms with Crippen LogP contribution in [0.5, 0.6) is 5.75 Å². The number of benzene rings is 2. The molecule has 0 N–H and O–H groups in total. The molecule has 204 valence electrons. The van der Waals surface area contributed by atoms with Gasteiger partial charge in [0.05, 0.1) is 18.9 Å². The van der Waals surface area contributed by atoms with Gasteiger partial charge in [0.25, 0.3) is 0 Å². The van der Waals surface area contributed by atoms with Crippen molar-refractivity contribution in [2.45, 2.75) is 90.6 Å². The maximum Gasteiger partial charge on any atom is 0.307 e. The molecule has 1 aliphatic carbocycles. The maximum atomic E-state index is 13.4. The van der Waals surface area contributed by atoms with E-state index in [1.54, 1.807) is 0 Å². The van der Waals surface area contributed by atoms with Crippen LogP contribution in [0, 0.1) is 17.8 Å². The van der Waals surface area contributed by atoms with Crippen molar-refractivity contribution >= 4 is 17.8 Å². The van der Waals surface area contributed by atoms with Crippen molar-refractivity contribution in [2.24, 2.45) is 17.8 Å². The van der Waals surface area contributed by atoms with Gasteiger partial charge in [0.15, 0.2) is 0 Å². The summed E-state index contributed by atoms with van der Waals surface area (Å²) in [6.07, 6.45) is 12.3.